The van der Waals surface area contributed by atoms with E-state index in [2.05, 4.69) is 6.58 Å². The third-order valence-corrected chi connectivity index (χ3v) is 0.895. The Hall–Kier alpha value is -1.31. The van der Waals surface area contributed by atoms with Gasteiger partial charge in [-0.05, 0) is 6.08 Å². The zero-order valence-corrected chi connectivity index (χ0v) is 11.1. The summed E-state index contributed by atoms with van der Waals surface area (Å²) in [6.07, 6.45) is -10.4. The molecule has 114 valence electrons. The molecule has 0 aliphatic rings. The van der Waals surface area contributed by atoms with Gasteiger partial charge in [-0.15, -0.1) is 0 Å². The van der Waals surface area contributed by atoms with Crippen molar-refractivity contribution in [2.45, 2.75) is 12.4 Å². The van der Waals surface area contributed by atoms with Crippen molar-refractivity contribution in [3.63, 3.8) is 0 Å². The molecule has 0 aromatic rings. The number of alkyl halides is 6. The normalized spacial score (nSPS) is 8.53. The summed E-state index contributed by atoms with van der Waals surface area (Å²) in [4.78, 5) is 24.0. The zero-order valence-electron chi connectivity index (χ0n) is 9.33. The Balaban J connectivity index is -0.0000000816. The van der Waals surface area contributed by atoms with Gasteiger partial charge in [0.2, 0.25) is 0 Å². The Labute approximate surface area is 118 Å². The monoisotopic (exact) mass is 382 g/mol. The molecule has 3 nitrogen and oxygen atoms in total. The maximum absolute atomic E-state index is 11.6. The molecule has 0 saturated carbocycles. The van der Waals surface area contributed by atoms with Gasteiger partial charge in [0, 0.05) is 19.5 Å². The number of hydrogen-bond acceptors (Lipinski definition) is 3. The van der Waals surface area contributed by atoms with Crippen LogP contribution in [0.15, 0.2) is 24.3 Å². The first kappa shape index (κ1) is 30.6. The minimum absolute atomic E-state index is 0. The summed E-state index contributed by atoms with van der Waals surface area (Å²) in [5.74, 6) is 0. The van der Waals surface area contributed by atoms with Gasteiger partial charge in [-0.2, -0.15) is 26.3 Å². The number of halogens is 6. The second kappa shape index (κ2) is 16.7. The van der Waals surface area contributed by atoms with Crippen molar-refractivity contribution in [3.8, 4) is 0 Å². The molecule has 0 aliphatic carbocycles. The van der Waals surface area contributed by atoms with E-state index >= 15 is 0 Å². The first-order valence-corrected chi connectivity index (χ1v) is 3.53. The van der Waals surface area contributed by atoms with E-state index in [-0.39, 0.29) is 25.6 Å². The third kappa shape index (κ3) is 19.2. The molecule has 0 heterocycles. The number of carbonyl (C=O) groups is 3. The predicted molar refractivity (Wildman–Crippen MR) is 51.8 cm³/mol. The first-order valence-electron chi connectivity index (χ1n) is 3.53. The van der Waals surface area contributed by atoms with Crippen LogP contribution in [0.2, 0.25) is 0 Å². The quantitative estimate of drug-likeness (QED) is 0.399. The summed E-state index contributed by atoms with van der Waals surface area (Å²) in [6.45, 7) is 8.75. The minimum atomic E-state index is -5.38. The van der Waals surface area contributed by atoms with E-state index in [0.717, 1.165) is 0 Å². The van der Waals surface area contributed by atoms with Crippen LogP contribution in [0.4, 0.5) is 26.3 Å². The van der Waals surface area contributed by atoms with E-state index in [1.54, 1.807) is 0 Å². The molecule has 0 bridgehead atoms. The number of rotatable bonds is 1. The molecular formula is C9H10F6O3Ru. The fraction of sp³-hybridized carbons (Fsp3) is 0.222. The zero-order chi connectivity index (χ0) is 16.0. The minimum Gasteiger partial charge on any atom is -0.307 e. The van der Waals surface area contributed by atoms with Crippen LogP contribution in [0.25, 0.3) is 0 Å². The Kier molecular flexibility index (Phi) is 26.9. The van der Waals surface area contributed by atoms with Crippen molar-refractivity contribution in [2.24, 2.45) is 0 Å². The van der Waals surface area contributed by atoms with Gasteiger partial charge in [0.15, 0.2) is 0 Å². The molecule has 0 atom stereocenters. The van der Waals surface area contributed by atoms with Gasteiger partial charge < -0.3 is 14.4 Å². The largest absolute Gasteiger partial charge is 0.421 e. The molecule has 0 rings (SSSR count). The predicted octanol–water partition coefficient (Wildman–Crippen LogP) is 2.67. The second-order valence-corrected chi connectivity index (χ2v) is 1.81. The molecular weight excluding hydrogens is 371 g/mol. The van der Waals surface area contributed by atoms with E-state index in [1.165, 1.54) is 0 Å². The average Bonchev–Trinajstić information content (AvgIpc) is 2.31. The first-order chi connectivity index (χ1) is 8.19. The van der Waals surface area contributed by atoms with Gasteiger partial charge in [-0.25, -0.2) is 0 Å². The van der Waals surface area contributed by atoms with Crippen LogP contribution >= 0.6 is 0 Å². The van der Waals surface area contributed by atoms with Crippen molar-refractivity contribution in [3.05, 3.63) is 24.3 Å². The summed E-state index contributed by atoms with van der Waals surface area (Å²) in [7, 11) is 0. The Morgan fingerprint density at radius 2 is 0.947 bits per heavy atom. The molecule has 0 saturated heterocycles. The fourth-order valence-electron chi connectivity index (χ4n) is 0.468. The second-order valence-electron chi connectivity index (χ2n) is 1.81. The Bertz CT molecular complexity index is 229. The van der Waals surface area contributed by atoms with E-state index in [0.29, 0.717) is 6.08 Å². The molecule has 0 spiro atoms. The number of hydrogen-bond donors (Lipinski definition) is 0. The van der Waals surface area contributed by atoms with Crippen molar-refractivity contribution in [1.29, 1.82) is 0 Å². The topological polar surface area (TPSA) is 51.2 Å². The molecule has 0 radical (unpaired) electrons. The average molecular weight is 381 g/mol. The summed E-state index contributed by atoms with van der Waals surface area (Å²) >= 11 is 0. The van der Waals surface area contributed by atoms with E-state index in [1.807, 2.05) is 20.4 Å². The van der Waals surface area contributed by atoms with Crippen molar-refractivity contribution >= 4 is 20.4 Å². The molecule has 0 amide bonds. The van der Waals surface area contributed by atoms with Crippen molar-refractivity contribution < 1.29 is 60.2 Å². The van der Waals surface area contributed by atoms with E-state index < -0.39 is 17.9 Å². The molecule has 0 N–H and O–H groups in total. The van der Waals surface area contributed by atoms with E-state index in [4.69, 9.17) is 14.4 Å². The Morgan fingerprint density at radius 3 is 1.00 bits per heavy atom. The summed E-state index contributed by atoms with van der Waals surface area (Å²) < 4.78 is 69.4. The summed E-state index contributed by atoms with van der Waals surface area (Å²) in [5, 5.41) is 0. The molecule has 0 aliphatic heterocycles. The standard InChI is InChI=1S/C6H4F6.3CH2O.Ru/c1-2-3-4(5(7,8)9)6(10,11)12;3*1-2;/h2-3H,1H2;3*1H2;. The fourth-order valence-corrected chi connectivity index (χ4v) is 0.468. The van der Waals surface area contributed by atoms with Crippen LogP contribution in [0.5, 0.6) is 0 Å². The smallest absolute Gasteiger partial charge is 0.307 e. The SMILES string of the molecule is C=CC=C(C(F)(F)F)C(F)(F)F.C=O.C=O.C=O.[Ru]. The van der Waals surface area contributed by atoms with Crippen LogP contribution in [0, 0.1) is 0 Å². The van der Waals surface area contributed by atoms with Crippen LogP contribution in [0.3, 0.4) is 0 Å². The third-order valence-electron chi connectivity index (χ3n) is 0.895. The number of allylic oxidation sites excluding steroid dienone is 3. The maximum Gasteiger partial charge on any atom is 0.421 e. The molecule has 19 heavy (non-hydrogen) atoms. The van der Waals surface area contributed by atoms with Crippen LogP contribution in [-0.4, -0.2) is 32.7 Å². The summed E-state index contributed by atoms with van der Waals surface area (Å²) in [5.41, 5.74) is -2.55. The van der Waals surface area contributed by atoms with Crippen LogP contribution in [-0.2, 0) is 33.9 Å². The number of carbonyl (C=O) groups excluding carboxylic acids is 3. The molecule has 0 fully saturated rings. The van der Waals surface area contributed by atoms with Gasteiger partial charge in [0.25, 0.3) is 0 Å². The van der Waals surface area contributed by atoms with Gasteiger partial charge >= 0.3 is 12.4 Å². The molecule has 0 unspecified atom stereocenters. The Morgan fingerprint density at radius 1 is 0.737 bits per heavy atom. The molecule has 0 aromatic heterocycles. The molecule has 0 aromatic carbocycles. The van der Waals surface area contributed by atoms with Crippen molar-refractivity contribution in [1.82, 2.24) is 0 Å². The van der Waals surface area contributed by atoms with Crippen LogP contribution in [0.1, 0.15) is 0 Å². The van der Waals surface area contributed by atoms with Gasteiger partial charge in [0.05, 0.1) is 0 Å². The van der Waals surface area contributed by atoms with E-state index in [9.17, 15) is 26.3 Å². The van der Waals surface area contributed by atoms with Gasteiger partial charge in [0.1, 0.15) is 25.9 Å². The van der Waals surface area contributed by atoms with Gasteiger partial charge in [-0.1, -0.05) is 12.7 Å². The molecule has 10 heteroatoms. The summed E-state index contributed by atoms with van der Waals surface area (Å²) in [6, 6.07) is 0. The van der Waals surface area contributed by atoms with Crippen LogP contribution < -0.4 is 0 Å². The van der Waals surface area contributed by atoms with Gasteiger partial charge in [-0.3, -0.25) is 0 Å². The van der Waals surface area contributed by atoms with Crippen molar-refractivity contribution in [2.75, 3.05) is 0 Å². The maximum atomic E-state index is 11.6.